The molecule has 1 aromatic rings. The Labute approximate surface area is 94.0 Å². The Hall–Kier alpha value is -1.04. The van der Waals surface area contributed by atoms with Gasteiger partial charge in [-0.25, -0.2) is 4.39 Å². The van der Waals surface area contributed by atoms with Gasteiger partial charge in [0.2, 0.25) is 0 Å². The standard InChI is InChI=1S/C11H16FN3O/c1-7-2-3-16-11(7)10(15-13)8-4-9(12)6-14-5-8/h4-7,10-11,15H,2-3,13H2,1H3. The maximum Gasteiger partial charge on any atom is 0.141 e. The predicted molar refractivity (Wildman–Crippen MR) is 57.8 cm³/mol. The molecule has 0 aromatic carbocycles. The molecule has 0 amide bonds. The third kappa shape index (κ3) is 2.21. The van der Waals surface area contributed by atoms with Gasteiger partial charge in [0.1, 0.15) is 5.82 Å². The lowest BCUT2D eigenvalue weighted by molar-refractivity contribution is 0.0605. The first-order valence-corrected chi connectivity index (χ1v) is 5.40. The highest BCUT2D eigenvalue weighted by atomic mass is 19.1. The second-order valence-corrected chi connectivity index (χ2v) is 4.18. The molecule has 0 spiro atoms. The van der Waals surface area contributed by atoms with Crippen LogP contribution in [0.4, 0.5) is 4.39 Å². The molecule has 16 heavy (non-hydrogen) atoms. The van der Waals surface area contributed by atoms with Crippen LogP contribution in [0.3, 0.4) is 0 Å². The molecule has 1 aromatic heterocycles. The molecule has 0 radical (unpaired) electrons. The second-order valence-electron chi connectivity index (χ2n) is 4.18. The van der Waals surface area contributed by atoms with Crippen molar-refractivity contribution in [2.75, 3.05) is 6.61 Å². The van der Waals surface area contributed by atoms with Crippen LogP contribution in [0.1, 0.15) is 24.9 Å². The minimum absolute atomic E-state index is 0.0198. The zero-order valence-electron chi connectivity index (χ0n) is 9.19. The number of halogens is 1. The molecule has 2 heterocycles. The number of nitrogens with zero attached hydrogens (tertiary/aromatic N) is 1. The van der Waals surface area contributed by atoms with E-state index in [9.17, 15) is 4.39 Å². The van der Waals surface area contributed by atoms with E-state index in [1.54, 1.807) is 6.20 Å². The lowest BCUT2D eigenvalue weighted by Gasteiger charge is -2.25. The third-order valence-electron chi connectivity index (χ3n) is 3.04. The number of ether oxygens (including phenoxy) is 1. The lowest BCUT2D eigenvalue weighted by Crippen LogP contribution is -2.38. The van der Waals surface area contributed by atoms with Gasteiger partial charge in [0, 0.05) is 12.8 Å². The Morgan fingerprint density at radius 1 is 1.62 bits per heavy atom. The minimum Gasteiger partial charge on any atom is -0.376 e. The van der Waals surface area contributed by atoms with Gasteiger partial charge in [-0.3, -0.25) is 16.3 Å². The van der Waals surface area contributed by atoms with E-state index >= 15 is 0 Å². The summed E-state index contributed by atoms with van der Waals surface area (Å²) < 4.78 is 18.7. The molecule has 3 N–H and O–H groups in total. The molecule has 1 aliphatic rings. The van der Waals surface area contributed by atoms with Gasteiger partial charge in [0.15, 0.2) is 0 Å². The van der Waals surface area contributed by atoms with E-state index in [-0.39, 0.29) is 18.0 Å². The SMILES string of the molecule is CC1CCOC1C(NN)c1cncc(F)c1. The van der Waals surface area contributed by atoms with Crippen LogP contribution in [0.25, 0.3) is 0 Å². The summed E-state index contributed by atoms with van der Waals surface area (Å²) in [7, 11) is 0. The van der Waals surface area contributed by atoms with Gasteiger partial charge >= 0.3 is 0 Å². The summed E-state index contributed by atoms with van der Waals surface area (Å²) in [6.07, 6.45) is 3.78. The molecule has 1 fully saturated rings. The first-order chi connectivity index (χ1) is 7.72. The fourth-order valence-corrected chi connectivity index (χ4v) is 2.12. The molecule has 1 saturated heterocycles. The van der Waals surface area contributed by atoms with Gasteiger partial charge in [-0.2, -0.15) is 0 Å². The predicted octanol–water partition coefficient (Wildman–Crippen LogP) is 1.15. The fraction of sp³-hybridized carbons (Fsp3) is 0.545. The molecule has 0 saturated carbocycles. The first-order valence-electron chi connectivity index (χ1n) is 5.40. The van der Waals surface area contributed by atoms with Gasteiger partial charge in [0.25, 0.3) is 0 Å². The summed E-state index contributed by atoms with van der Waals surface area (Å²) in [4.78, 5) is 3.82. The molecule has 2 rings (SSSR count). The lowest BCUT2D eigenvalue weighted by atomic mass is 9.94. The van der Waals surface area contributed by atoms with Gasteiger partial charge in [-0.05, 0) is 24.0 Å². The Bertz CT molecular complexity index is 361. The van der Waals surface area contributed by atoms with Gasteiger partial charge in [0.05, 0.1) is 18.3 Å². The molecular weight excluding hydrogens is 209 g/mol. The average Bonchev–Trinajstić information content (AvgIpc) is 2.67. The van der Waals surface area contributed by atoms with Crippen molar-refractivity contribution in [2.45, 2.75) is 25.5 Å². The summed E-state index contributed by atoms with van der Waals surface area (Å²) >= 11 is 0. The Balaban J connectivity index is 2.21. The number of hydrogen-bond donors (Lipinski definition) is 2. The summed E-state index contributed by atoms with van der Waals surface area (Å²) in [6, 6.07) is 1.23. The van der Waals surface area contributed by atoms with E-state index in [2.05, 4.69) is 17.3 Å². The van der Waals surface area contributed by atoms with Crippen LogP contribution in [-0.2, 0) is 4.74 Å². The van der Waals surface area contributed by atoms with Crippen molar-refractivity contribution in [2.24, 2.45) is 11.8 Å². The molecule has 1 aliphatic heterocycles. The second kappa shape index (κ2) is 4.86. The number of hydrogen-bond acceptors (Lipinski definition) is 4. The van der Waals surface area contributed by atoms with Gasteiger partial charge in [-0.1, -0.05) is 6.92 Å². The highest BCUT2D eigenvalue weighted by Gasteiger charge is 2.32. The summed E-state index contributed by atoms with van der Waals surface area (Å²) in [5, 5.41) is 0. The highest BCUT2D eigenvalue weighted by molar-refractivity contribution is 5.17. The van der Waals surface area contributed by atoms with Crippen LogP contribution in [0.15, 0.2) is 18.5 Å². The monoisotopic (exact) mass is 225 g/mol. The maximum atomic E-state index is 13.1. The largest absolute Gasteiger partial charge is 0.376 e. The van der Waals surface area contributed by atoms with Crippen molar-refractivity contribution >= 4 is 0 Å². The summed E-state index contributed by atoms with van der Waals surface area (Å²) in [6.45, 7) is 2.83. The van der Waals surface area contributed by atoms with Crippen molar-refractivity contribution in [3.8, 4) is 0 Å². The summed E-state index contributed by atoms with van der Waals surface area (Å²) in [5.74, 6) is 5.57. The van der Waals surface area contributed by atoms with Gasteiger partial charge < -0.3 is 4.74 Å². The minimum atomic E-state index is -0.358. The third-order valence-corrected chi connectivity index (χ3v) is 3.04. The molecule has 0 bridgehead atoms. The van der Waals surface area contributed by atoms with E-state index in [1.807, 2.05) is 0 Å². The molecule has 5 heteroatoms. The van der Waals surface area contributed by atoms with Crippen LogP contribution in [-0.4, -0.2) is 17.7 Å². The zero-order chi connectivity index (χ0) is 11.5. The van der Waals surface area contributed by atoms with Crippen LogP contribution >= 0.6 is 0 Å². The maximum absolute atomic E-state index is 13.1. The van der Waals surface area contributed by atoms with Crippen LogP contribution in [0.5, 0.6) is 0 Å². The molecule has 3 unspecified atom stereocenters. The van der Waals surface area contributed by atoms with E-state index in [4.69, 9.17) is 10.6 Å². The molecular formula is C11H16FN3O. The van der Waals surface area contributed by atoms with E-state index in [1.165, 1.54) is 12.3 Å². The topological polar surface area (TPSA) is 60.2 Å². The number of hydrazine groups is 1. The Morgan fingerprint density at radius 2 is 2.44 bits per heavy atom. The molecule has 88 valence electrons. The molecule has 0 aliphatic carbocycles. The normalized spacial score (nSPS) is 26.9. The quantitative estimate of drug-likeness (QED) is 0.598. The van der Waals surface area contributed by atoms with Crippen molar-refractivity contribution in [1.82, 2.24) is 10.4 Å². The average molecular weight is 225 g/mol. The number of nitrogens with one attached hydrogen (secondary N) is 1. The number of pyridine rings is 1. The Kier molecular flexibility index (Phi) is 3.48. The summed E-state index contributed by atoms with van der Waals surface area (Å²) in [5.41, 5.74) is 3.41. The van der Waals surface area contributed by atoms with Crippen molar-refractivity contribution in [3.63, 3.8) is 0 Å². The fourth-order valence-electron chi connectivity index (χ4n) is 2.12. The zero-order valence-corrected chi connectivity index (χ0v) is 9.19. The molecule has 3 atom stereocenters. The smallest absolute Gasteiger partial charge is 0.141 e. The number of aromatic nitrogens is 1. The van der Waals surface area contributed by atoms with Crippen LogP contribution in [0, 0.1) is 11.7 Å². The van der Waals surface area contributed by atoms with Crippen molar-refractivity contribution in [3.05, 3.63) is 29.8 Å². The van der Waals surface area contributed by atoms with Gasteiger partial charge in [-0.15, -0.1) is 0 Å². The number of rotatable bonds is 3. The first kappa shape index (κ1) is 11.4. The van der Waals surface area contributed by atoms with Crippen molar-refractivity contribution in [1.29, 1.82) is 0 Å². The van der Waals surface area contributed by atoms with Crippen molar-refractivity contribution < 1.29 is 9.13 Å². The van der Waals surface area contributed by atoms with E-state index in [0.29, 0.717) is 5.92 Å². The van der Waals surface area contributed by atoms with E-state index in [0.717, 1.165) is 18.6 Å². The Morgan fingerprint density at radius 3 is 3.00 bits per heavy atom. The number of nitrogens with two attached hydrogens (primary N) is 1. The van der Waals surface area contributed by atoms with Crippen LogP contribution < -0.4 is 11.3 Å². The van der Waals surface area contributed by atoms with Crippen LogP contribution in [0.2, 0.25) is 0 Å². The highest BCUT2D eigenvalue weighted by Crippen LogP contribution is 2.30. The van der Waals surface area contributed by atoms with E-state index < -0.39 is 0 Å². The molecule has 4 nitrogen and oxygen atoms in total.